The van der Waals surface area contributed by atoms with Crippen LogP contribution in [-0.4, -0.2) is 28.3 Å². The molecular weight excluding hydrogens is 322 g/mol. The van der Waals surface area contributed by atoms with E-state index in [0.717, 1.165) is 18.4 Å². The smallest absolute Gasteiger partial charge is 0.329 e. The summed E-state index contributed by atoms with van der Waals surface area (Å²) >= 11 is 0. The number of furan rings is 1. The average Bonchev–Trinajstić information content (AvgIpc) is 3.25. The zero-order valence-electron chi connectivity index (χ0n) is 13.9. The summed E-state index contributed by atoms with van der Waals surface area (Å²) in [5.74, 6) is -1.02. The van der Waals surface area contributed by atoms with Gasteiger partial charge in [-0.05, 0) is 31.9 Å². The molecule has 1 fully saturated rings. The van der Waals surface area contributed by atoms with Crippen molar-refractivity contribution in [3.05, 3.63) is 47.7 Å². The van der Waals surface area contributed by atoms with E-state index in [9.17, 15) is 19.5 Å². The maximum Gasteiger partial charge on any atom is 0.329 e. The van der Waals surface area contributed by atoms with Crippen molar-refractivity contribution >= 4 is 17.7 Å². The van der Waals surface area contributed by atoms with E-state index in [1.54, 1.807) is 30.3 Å². The van der Waals surface area contributed by atoms with Crippen molar-refractivity contribution < 1.29 is 23.9 Å². The van der Waals surface area contributed by atoms with Crippen molar-refractivity contribution in [3.8, 4) is 11.3 Å². The summed E-state index contributed by atoms with van der Waals surface area (Å²) in [6, 6.07) is 10.0. The van der Waals surface area contributed by atoms with E-state index >= 15 is 0 Å². The summed E-state index contributed by atoms with van der Waals surface area (Å²) in [5, 5.41) is 12.1. The van der Waals surface area contributed by atoms with Gasteiger partial charge in [-0.2, -0.15) is 0 Å². The largest absolute Gasteiger partial charge is 0.480 e. The quantitative estimate of drug-likeness (QED) is 0.814. The summed E-state index contributed by atoms with van der Waals surface area (Å²) in [4.78, 5) is 35.2. The summed E-state index contributed by atoms with van der Waals surface area (Å²) in [5.41, 5.74) is 0.128. The number of rotatable bonds is 5. The molecule has 1 aliphatic carbocycles. The highest BCUT2D eigenvalue weighted by molar-refractivity contribution is 5.96. The van der Waals surface area contributed by atoms with E-state index in [1.165, 1.54) is 13.0 Å². The molecule has 0 saturated heterocycles. The number of ketones is 1. The van der Waals surface area contributed by atoms with E-state index in [0.29, 0.717) is 24.2 Å². The zero-order chi connectivity index (χ0) is 18.0. The Bertz CT molecular complexity index is 813. The molecule has 1 heterocycles. The number of benzene rings is 1. The molecule has 0 radical (unpaired) electrons. The molecule has 0 aliphatic heterocycles. The highest BCUT2D eigenvalue weighted by Gasteiger charge is 2.43. The van der Waals surface area contributed by atoms with Crippen molar-refractivity contribution in [2.24, 2.45) is 0 Å². The molecule has 0 bridgehead atoms. The second-order valence-electron chi connectivity index (χ2n) is 6.35. The van der Waals surface area contributed by atoms with Crippen LogP contribution in [0.2, 0.25) is 0 Å². The third-order valence-electron chi connectivity index (χ3n) is 4.63. The minimum atomic E-state index is -1.20. The molecule has 0 atom stereocenters. The molecule has 6 heteroatoms. The Morgan fingerprint density at radius 2 is 1.68 bits per heavy atom. The van der Waals surface area contributed by atoms with Crippen LogP contribution in [0.5, 0.6) is 0 Å². The molecule has 0 unspecified atom stereocenters. The van der Waals surface area contributed by atoms with Gasteiger partial charge in [-0.15, -0.1) is 0 Å². The molecule has 1 saturated carbocycles. The van der Waals surface area contributed by atoms with Gasteiger partial charge in [0.2, 0.25) is 0 Å². The number of aliphatic carboxylic acids is 1. The Morgan fingerprint density at radius 1 is 1.04 bits per heavy atom. The van der Waals surface area contributed by atoms with Gasteiger partial charge in [-0.25, -0.2) is 4.79 Å². The molecule has 1 aliphatic rings. The van der Waals surface area contributed by atoms with Crippen LogP contribution >= 0.6 is 0 Å². The molecule has 1 aromatic heterocycles. The number of amides is 1. The predicted molar refractivity (Wildman–Crippen MR) is 90.4 cm³/mol. The van der Waals surface area contributed by atoms with E-state index in [4.69, 9.17) is 4.42 Å². The van der Waals surface area contributed by atoms with E-state index in [2.05, 4.69) is 5.32 Å². The number of hydrogen-bond acceptors (Lipinski definition) is 4. The predicted octanol–water partition coefficient (Wildman–Crippen LogP) is 3.28. The maximum atomic E-state index is 12.4. The number of carbonyl (C=O) groups excluding carboxylic acids is 2. The number of carbonyl (C=O) groups is 3. The molecule has 6 nitrogen and oxygen atoms in total. The van der Waals surface area contributed by atoms with Gasteiger partial charge in [0.15, 0.2) is 11.5 Å². The Labute approximate surface area is 144 Å². The van der Waals surface area contributed by atoms with Crippen LogP contribution in [0.4, 0.5) is 0 Å². The number of carboxylic acid groups (broad SMARTS) is 1. The van der Waals surface area contributed by atoms with Crippen LogP contribution in [-0.2, 0) is 4.79 Å². The van der Waals surface area contributed by atoms with Gasteiger partial charge in [0.1, 0.15) is 11.3 Å². The minimum absolute atomic E-state index is 0.0263. The van der Waals surface area contributed by atoms with Gasteiger partial charge >= 0.3 is 5.97 Å². The van der Waals surface area contributed by atoms with Gasteiger partial charge in [-0.1, -0.05) is 37.1 Å². The number of nitrogens with one attached hydrogen (secondary N) is 1. The fourth-order valence-corrected chi connectivity index (χ4v) is 3.13. The maximum absolute atomic E-state index is 12.4. The van der Waals surface area contributed by atoms with Crippen LogP contribution in [0, 0.1) is 0 Å². The van der Waals surface area contributed by atoms with Gasteiger partial charge in [0.25, 0.3) is 5.91 Å². The first kappa shape index (κ1) is 17.0. The lowest BCUT2D eigenvalue weighted by molar-refractivity contribution is -0.144. The standard InChI is InChI=1S/C19H19NO5/c1-12(21)13-4-6-14(7-5-13)15-8-9-16(25-15)17(22)20-19(18(23)24)10-2-3-11-19/h4-9H,2-3,10-11H2,1H3,(H,20,22)(H,23,24). The zero-order valence-corrected chi connectivity index (χ0v) is 13.9. The SMILES string of the molecule is CC(=O)c1ccc(-c2ccc(C(=O)NC3(C(=O)O)CCCC3)o2)cc1. The van der Waals surface area contributed by atoms with E-state index in [1.807, 2.05) is 0 Å². The molecule has 2 N–H and O–H groups in total. The number of carboxylic acids is 1. The Kier molecular flexibility index (Phi) is 4.44. The van der Waals surface area contributed by atoms with Crippen molar-refractivity contribution in [2.75, 3.05) is 0 Å². The second kappa shape index (κ2) is 6.55. The van der Waals surface area contributed by atoms with Gasteiger partial charge in [0, 0.05) is 11.1 Å². The first-order chi connectivity index (χ1) is 11.9. The lowest BCUT2D eigenvalue weighted by Crippen LogP contribution is -2.52. The Balaban J connectivity index is 1.77. The number of hydrogen-bond donors (Lipinski definition) is 2. The first-order valence-corrected chi connectivity index (χ1v) is 8.18. The highest BCUT2D eigenvalue weighted by Crippen LogP contribution is 2.31. The van der Waals surface area contributed by atoms with Crippen LogP contribution in [0.3, 0.4) is 0 Å². The summed E-state index contributed by atoms with van der Waals surface area (Å²) in [6.07, 6.45) is 2.40. The monoisotopic (exact) mass is 341 g/mol. The van der Waals surface area contributed by atoms with Crippen LogP contribution in [0.25, 0.3) is 11.3 Å². The average molecular weight is 341 g/mol. The Hall–Kier alpha value is -2.89. The normalized spacial score (nSPS) is 15.7. The van der Waals surface area contributed by atoms with Crippen molar-refractivity contribution in [3.63, 3.8) is 0 Å². The van der Waals surface area contributed by atoms with Crippen molar-refractivity contribution in [1.29, 1.82) is 0 Å². The van der Waals surface area contributed by atoms with Crippen molar-refractivity contribution in [2.45, 2.75) is 38.1 Å². The lowest BCUT2D eigenvalue weighted by Gasteiger charge is -2.24. The van der Waals surface area contributed by atoms with Gasteiger partial charge in [-0.3, -0.25) is 9.59 Å². The van der Waals surface area contributed by atoms with Crippen LogP contribution in [0.15, 0.2) is 40.8 Å². The minimum Gasteiger partial charge on any atom is -0.480 e. The van der Waals surface area contributed by atoms with E-state index < -0.39 is 17.4 Å². The summed E-state index contributed by atoms with van der Waals surface area (Å²) in [7, 11) is 0. The van der Waals surface area contributed by atoms with Crippen LogP contribution < -0.4 is 5.32 Å². The summed E-state index contributed by atoms with van der Waals surface area (Å²) < 4.78 is 5.58. The van der Waals surface area contributed by atoms with Gasteiger partial charge < -0.3 is 14.8 Å². The molecule has 130 valence electrons. The van der Waals surface area contributed by atoms with Crippen molar-refractivity contribution in [1.82, 2.24) is 5.32 Å². The third kappa shape index (κ3) is 3.33. The molecule has 0 spiro atoms. The first-order valence-electron chi connectivity index (χ1n) is 8.18. The van der Waals surface area contributed by atoms with Crippen LogP contribution in [0.1, 0.15) is 53.5 Å². The molecule has 3 rings (SSSR count). The van der Waals surface area contributed by atoms with Gasteiger partial charge in [0.05, 0.1) is 0 Å². The molecule has 1 aromatic carbocycles. The molecule has 2 aromatic rings. The third-order valence-corrected chi connectivity index (χ3v) is 4.63. The fourth-order valence-electron chi connectivity index (χ4n) is 3.13. The molecular formula is C19H19NO5. The lowest BCUT2D eigenvalue weighted by atomic mass is 9.98. The topological polar surface area (TPSA) is 96.6 Å². The molecule has 25 heavy (non-hydrogen) atoms. The molecule has 1 amide bonds. The Morgan fingerprint density at radius 3 is 2.24 bits per heavy atom. The fraction of sp³-hybridized carbons (Fsp3) is 0.316. The second-order valence-corrected chi connectivity index (χ2v) is 6.35. The number of Topliss-reactive ketones (excluding diaryl/α,β-unsaturated/α-hetero) is 1. The summed E-state index contributed by atoms with van der Waals surface area (Å²) in [6.45, 7) is 1.49. The van der Waals surface area contributed by atoms with E-state index in [-0.39, 0.29) is 11.5 Å². The highest BCUT2D eigenvalue weighted by atomic mass is 16.4.